The Kier molecular flexibility index (Phi) is 22.0. The fourth-order valence-corrected chi connectivity index (χ4v) is 10.0. The van der Waals surface area contributed by atoms with Crippen LogP contribution in [0, 0.1) is 26.2 Å². The number of halogens is 2. The molecule has 0 saturated heterocycles. The van der Waals surface area contributed by atoms with Crippen LogP contribution in [0.2, 0.25) is 0 Å². The molecule has 10 rings (SSSR count). The van der Waals surface area contributed by atoms with Crippen molar-refractivity contribution in [3.05, 3.63) is 171 Å². The molecule has 0 aliphatic heterocycles. The first-order chi connectivity index (χ1) is 29.2. The first-order valence-corrected chi connectivity index (χ1v) is 26.7. The van der Waals surface area contributed by atoms with Gasteiger partial charge in [-0.3, -0.25) is 0 Å². The molecule has 0 unspecified atom stereocenters. The largest absolute Gasteiger partial charge is 0.164 e. The third-order valence-electron chi connectivity index (χ3n) is 12.8. The van der Waals surface area contributed by atoms with Crippen LogP contribution in [0.15, 0.2) is 146 Å². The molecular weight excluding hydrogens is 887 g/mol. The fourth-order valence-electron chi connectivity index (χ4n) is 10.0. The van der Waals surface area contributed by atoms with E-state index in [-0.39, 0.29) is 32.2 Å². The van der Waals surface area contributed by atoms with Gasteiger partial charge in [0.1, 0.15) is 0 Å². The molecule has 2 aliphatic rings. The van der Waals surface area contributed by atoms with Crippen molar-refractivity contribution in [2.24, 2.45) is 11.8 Å². The molecule has 0 heterocycles. The Morgan fingerprint density at radius 1 is 0.468 bits per heavy atom. The minimum Gasteiger partial charge on any atom is -0.164 e. The number of hydrogen-bond acceptors (Lipinski definition) is 0. The van der Waals surface area contributed by atoms with E-state index >= 15 is 0 Å². The Hall–Kier alpha value is -3.26. The van der Waals surface area contributed by atoms with Crippen molar-refractivity contribution in [2.45, 2.75) is 103 Å². The molecule has 0 atom stereocenters. The number of benzene rings is 6. The molecule has 0 aromatic heterocycles. The maximum absolute atomic E-state index is 3.49. The SMILES string of the molecule is Cl.Cl.[CH2-]CC.[CH3-].[Si]=[Zr].c1ccc2c(-c3cccc4[cH-]c(CC5CCCCCC5)cc34)cccc2c1.c1ccc2c(-c3cccc4[cH-]c(CC5CCCCCC5)cc34)cccc2c1. The summed E-state index contributed by atoms with van der Waals surface area (Å²) in [5.41, 5.74) is 8.51. The van der Waals surface area contributed by atoms with Crippen molar-refractivity contribution in [2.75, 3.05) is 0 Å². The Labute approximate surface area is 403 Å². The van der Waals surface area contributed by atoms with Gasteiger partial charge in [-0.25, -0.2) is 0 Å². The van der Waals surface area contributed by atoms with Crippen LogP contribution >= 0.6 is 24.8 Å². The van der Waals surface area contributed by atoms with Gasteiger partial charge in [0.25, 0.3) is 0 Å². The van der Waals surface area contributed by atoms with Gasteiger partial charge in [-0.15, -0.1) is 93.9 Å². The Bertz CT molecular complexity index is 2340. The molecule has 8 aromatic rings. The molecule has 2 aliphatic carbocycles. The van der Waals surface area contributed by atoms with E-state index in [0.717, 1.165) is 18.3 Å². The molecule has 2 fully saturated rings. The number of hydrogen-bond donors (Lipinski definition) is 0. The smallest absolute Gasteiger partial charge is 0.0114 e. The van der Waals surface area contributed by atoms with Crippen molar-refractivity contribution >= 4 is 74.8 Å². The molecule has 0 bridgehead atoms. The average Bonchev–Trinajstić information content (AvgIpc) is 3.67. The Balaban J connectivity index is 0.000000237. The molecular formula is C58H66Cl2SiZr-4. The van der Waals surface area contributed by atoms with Crippen molar-refractivity contribution in [1.82, 2.24) is 0 Å². The zero-order valence-corrected chi connectivity index (χ0v) is 42.2. The van der Waals surface area contributed by atoms with Crippen molar-refractivity contribution in [3.8, 4) is 22.3 Å². The van der Waals surface area contributed by atoms with E-state index in [0.29, 0.717) is 0 Å². The summed E-state index contributed by atoms with van der Waals surface area (Å²) < 4.78 is 0. The van der Waals surface area contributed by atoms with Crippen LogP contribution in [0.4, 0.5) is 0 Å². The normalized spacial score (nSPS) is 14.3. The summed E-state index contributed by atoms with van der Waals surface area (Å²) >= 11 is 1.36. The van der Waals surface area contributed by atoms with Crippen LogP contribution in [0.25, 0.3) is 65.3 Å². The number of rotatable bonds is 6. The van der Waals surface area contributed by atoms with E-state index in [9.17, 15) is 0 Å². The minimum atomic E-state index is 0. The van der Waals surface area contributed by atoms with Crippen LogP contribution in [0.3, 0.4) is 0 Å². The van der Waals surface area contributed by atoms with Gasteiger partial charge in [-0.05, 0) is 57.3 Å². The van der Waals surface area contributed by atoms with Gasteiger partial charge in [0.05, 0.1) is 0 Å². The molecule has 4 heteroatoms. The molecule has 2 radical (unpaired) electrons. The van der Waals surface area contributed by atoms with E-state index < -0.39 is 0 Å². The fraction of sp³-hybridized carbons (Fsp3) is 0.310. The van der Waals surface area contributed by atoms with Gasteiger partial charge >= 0.3 is 30.2 Å². The summed E-state index contributed by atoms with van der Waals surface area (Å²) in [4.78, 5) is 0. The van der Waals surface area contributed by atoms with Crippen LogP contribution in [0.1, 0.15) is 102 Å². The summed E-state index contributed by atoms with van der Waals surface area (Å²) in [6.45, 7) is 8.56. The first-order valence-electron chi connectivity index (χ1n) is 22.6. The van der Waals surface area contributed by atoms with Gasteiger partial charge in [0.15, 0.2) is 0 Å². The van der Waals surface area contributed by atoms with Crippen LogP contribution < -0.4 is 0 Å². The predicted octanol–water partition coefficient (Wildman–Crippen LogP) is 17.9. The molecule has 2 saturated carbocycles. The average molecular weight is 953 g/mol. The van der Waals surface area contributed by atoms with Gasteiger partial charge < -0.3 is 14.4 Å². The molecule has 324 valence electrons. The van der Waals surface area contributed by atoms with Crippen molar-refractivity contribution < 1.29 is 23.3 Å². The quantitative estimate of drug-likeness (QED) is 0.0885. The zero-order valence-electron chi connectivity index (χ0n) is 37.1. The molecule has 0 amide bonds. The van der Waals surface area contributed by atoms with Crippen molar-refractivity contribution in [1.29, 1.82) is 0 Å². The van der Waals surface area contributed by atoms with Crippen LogP contribution in [0.5, 0.6) is 0 Å². The van der Waals surface area contributed by atoms with Gasteiger partial charge in [-0.1, -0.05) is 192 Å². The molecule has 62 heavy (non-hydrogen) atoms. The Morgan fingerprint density at radius 2 is 0.774 bits per heavy atom. The summed E-state index contributed by atoms with van der Waals surface area (Å²) in [5, 5.41) is 10.9. The summed E-state index contributed by atoms with van der Waals surface area (Å²) in [5.74, 6) is 1.76. The molecule has 0 N–H and O–H groups in total. The van der Waals surface area contributed by atoms with Crippen molar-refractivity contribution in [3.63, 3.8) is 0 Å². The van der Waals surface area contributed by atoms with E-state index in [1.165, 1.54) is 190 Å². The van der Waals surface area contributed by atoms with Gasteiger partial charge in [0.2, 0.25) is 0 Å². The molecule has 8 aromatic carbocycles. The van der Waals surface area contributed by atoms with E-state index in [1.54, 1.807) is 0 Å². The molecule has 0 spiro atoms. The molecule has 0 nitrogen and oxygen atoms in total. The Morgan fingerprint density at radius 3 is 1.15 bits per heavy atom. The van der Waals surface area contributed by atoms with E-state index in [2.05, 4.69) is 159 Å². The van der Waals surface area contributed by atoms with E-state index in [4.69, 9.17) is 0 Å². The maximum Gasteiger partial charge on any atom is -0.0114 e. The summed E-state index contributed by atoms with van der Waals surface area (Å²) in [6.07, 6.45) is 20.6. The van der Waals surface area contributed by atoms with E-state index in [1.807, 2.05) is 6.92 Å². The first kappa shape index (κ1) is 51.4. The second-order valence-corrected chi connectivity index (χ2v) is 17.0. The maximum atomic E-state index is 3.49. The van der Waals surface area contributed by atoms with Gasteiger partial charge in [0, 0.05) is 0 Å². The van der Waals surface area contributed by atoms with Crippen LogP contribution in [-0.4, -0.2) is 6.88 Å². The monoisotopic (exact) mass is 950 g/mol. The number of fused-ring (bicyclic) bond motifs is 4. The summed E-state index contributed by atoms with van der Waals surface area (Å²) in [6, 6.07) is 54.2. The minimum absolute atomic E-state index is 0. The summed E-state index contributed by atoms with van der Waals surface area (Å²) in [7, 11) is 0. The second kappa shape index (κ2) is 26.5. The standard InChI is InChI=1S/2C27H27.C3H7.CH3.2ClH.Si.Zr/c2*1-2-4-10-20(9-3-1)17-21-18-23-13-8-16-26(27(23)19-21)25-15-7-12-22-11-5-6-14-24(22)25;1-3-2;;;;;/h2*5-8,11-16,18-20H,1-4,9-10,17H2;1,3H2,2H3;1H3;2*1H;;/q4*-1;;;;. The zero-order chi connectivity index (χ0) is 40.8. The third-order valence-corrected chi connectivity index (χ3v) is 12.8. The third kappa shape index (κ3) is 12.9. The topological polar surface area (TPSA) is 0 Å². The van der Waals surface area contributed by atoms with Gasteiger partial charge in [-0.2, -0.15) is 18.6 Å². The second-order valence-electron chi connectivity index (χ2n) is 17.0. The van der Waals surface area contributed by atoms with Crippen LogP contribution in [-0.2, 0) is 36.2 Å². The predicted molar refractivity (Wildman–Crippen MR) is 277 cm³/mol.